The lowest BCUT2D eigenvalue weighted by molar-refractivity contribution is -0.159. The highest BCUT2D eigenvalue weighted by molar-refractivity contribution is 9.10. The van der Waals surface area contributed by atoms with Crippen molar-refractivity contribution in [2.45, 2.75) is 45.4 Å². The molecule has 0 unspecified atom stereocenters. The van der Waals surface area contributed by atoms with Gasteiger partial charge in [0.1, 0.15) is 15.9 Å². The quantitative estimate of drug-likeness (QED) is 0.804. The molecule has 0 spiro atoms. The molecule has 0 aliphatic heterocycles. The van der Waals surface area contributed by atoms with Gasteiger partial charge < -0.3 is 10.5 Å². The predicted molar refractivity (Wildman–Crippen MR) is 95.6 cm³/mol. The van der Waals surface area contributed by atoms with Gasteiger partial charge >= 0.3 is 5.97 Å². The van der Waals surface area contributed by atoms with Crippen LogP contribution in [-0.2, 0) is 9.53 Å². The number of rotatable bonds is 3. The predicted octanol–water partition coefficient (Wildman–Crippen LogP) is 3.55. The van der Waals surface area contributed by atoms with Crippen molar-refractivity contribution in [2.24, 2.45) is 11.3 Å². The summed E-state index contributed by atoms with van der Waals surface area (Å²) in [7, 11) is 1.48. The van der Waals surface area contributed by atoms with Gasteiger partial charge in [0.15, 0.2) is 5.82 Å². The van der Waals surface area contributed by atoms with Crippen LogP contribution >= 0.6 is 15.9 Å². The van der Waals surface area contributed by atoms with Gasteiger partial charge in [0.25, 0.3) is 0 Å². The second-order valence-corrected chi connectivity index (χ2v) is 7.64. The van der Waals surface area contributed by atoms with Crippen LogP contribution in [0.5, 0.6) is 0 Å². The molecule has 0 aromatic carbocycles. The summed E-state index contributed by atoms with van der Waals surface area (Å²) in [5.41, 5.74) is 6.33. The van der Waals surface area contributed by atoms with Gasteiger partial charge in [-0.3, -0.25) is 9.20 Å². The van der Waals surface area contributed by atoms with Crippen LogP contribution in [-0.4, -0.2) is 27.4 Å². The van der Waals surface area contributed by atoms with Gasteiger partial charge in [-0.15, -0.1) is 0 Å². The van der Waals surface area contributed by atoms with Crippen molar-refractivity contribution in [1.29, 1.82) is 0 Å². The van der Waals surface area contributed by atoms with Crippen molar-refractivity contribution in [2.75, 3.05) is 12.8 Å². The fourth-order valence-electron chi connectivity index (χ4n) is 4.01. The molecule has 2 heterocycles. The molecule has 2 atom stereocenters. The van der Waals surface area contributed by atoms with Crippen LogP contribution < -0.4 is 5.73 Å². The Kier molecular flexibility index (Phi) is 4.55. The van der Waals surface area contributed by atoms with E-state index in [0.29, 0.717) is 10.4 Å². The lowest BCUT2D eigenvalue weighted by Crippen LogP contribution is -2.41. The molecule has 1 fully saturated rings. The van der Waals surface area contributed by atoms with E-state index in [-0.39, 0.29) is 17.8 Å². The SMILES string of the molecule is COC(=O)[C@@]1(C(C)C)CCC[C@@H](c2nc(Br)c3c(N)nccn23)C1. The van der Waals surface area contributed by atoms with Gasteiger partial charge in [-0.1, -0.05) is 20.3 Å². The van der Waals surface area contributed by atoms with Gasteiger partial charge in [-0.2, -0.15) is 0 Å². The minimum Gasteiger partial charge on any atom is -0.469 e. The Bertz CT molecular complexity index is 773. The smallest absolute Gasteiger partial charge is 0.312 e. The molecule has 0 saturated heterocycles. The van der Waals surface area contributed by atoms with E-state index in [1.807, 2.05) is 10.6 Å². The molecular formula is C17H23BrN4O2. The highest BCUT2D eigenvalue weighted by Crippen LogP contribution is 2.49. The maximum atomic E-state index is 12.5. The Labute approximate surface area is 149 Å². The van der Waals surface area contributed by atoms with Crippen LogP contribution in [0.1, 0.15) is 51.3 Å². The molecule has 0 radical (unpaired) electrons. The largest absolute Gasteiger partial charge is 0.469 e. The fraction of sp³-hybridized carbons (Fsp3) is 0.588. The summed E-state index contributed by atoms with van der Waals surface area (Å²) in [6.07, 6.45) is 7.14. The van der Waals surface area contributed by atoms with E-state index in [1.54, 1.807) is 6.20 Å². The first kappa shape index (κ1) is 17.2. The van der Waals surface area contributed by atoms with E-state index in [0.717, 1.165) is 37.0 Å². The average molecular weight is 395 g/mol. The Morgan fingerprint density at radius 1 is 1.54 bits per heavy atom. The summed E-state index contributed by atoms with van der Waals surface area (Å²) in [5.74, 6) is 1.67. The molecule has 1 saturated carbocycles. The van der Waals surface area contributed by atoms with Crippen LogP contribution in [0.2, 0.25) is 0 Å². The van der Waals surface area contributed by atoms with E-state index in [1.165, 1.54) is 7.11 Å². The monoisotopic (exact) mass is 394 g/mol. The Balaban J connectivity index is 2.04. The van der Waals surface area contributed by atoms with Crippen molar-refractivity contribution in [3.05, 3.63) is 22.8 Å². The summed E-state index contributed by atoms with van der Waals surface area (Å²) in [6.45, 7) is 4.20. The molecule has 2 N–H and O–H groups in total. The summed E-state index contributed by atoms with van der Waals surface area (Å²) in [4.78, 5) is 21.4. The van der Waals surface area contributed by atoms with Crippen molar-refractivity contribution >= 4 is 33.2 Å². The molecule has 6 nitrogen and oxygen atoms in total. The Morgan fingerprint density at radius 3 is 2.96 bits per heavy atom. The second kappa shape index (κ2) is 6.35. The summed E-state index contributed by atoms with van der Waals surface area (Å²) in [6, 6.07) is 0. The lowest BCUT2D eigenvalue weighted by Gasteiger charge is -2.41. The molecule has 3 rings (SSSR count). The van der Waals surface area contributed by atoms with E-state index in [9.17, 15) is 4.79 Å². The third-order valence-electron chi connectivity index (χ3n) is 5.42. The average Bonchev–Trinajstić information content (AvgIpc) is 2.92. The summed E-state index contributed by atoms with van der Waals surface area (Å²) >= 11 is 3.49. The van der Waals surface area contributed by atoms with Crippen LogP contribution in [0, 0.1) is 11.3 Å². The van der Waals surface area contributed by atoms with Crippen LogP contribution in [0.15, 0.2) is 17.0 Å². The molecule has 130 valence electrons. The normalized spacial score (nSPS) is 24.5. The number of nitrogen functional groups attached to an aromatic ring is 1. The molecule has 2 aromatic heterocycles. The number of nitrogens with zero attached hydrogens (tertiary/aromatic N) is 3. The van der Waals surface area contributed by atoms with Crippen molar-refractivity contribution in [3.63, 3.8) is 0 Å². The summed E-state index contributed by atoms with van der Waals surface area (Å²) in [5, 5.41) is 0. The maximum absolute atomic E-state index is 12.5. The first-order chi connectivity index (χ1) is 11.4. The van der Waals surface area contributed by atoms with E-state index >= 15 is 0 Å². The highest BCUT2D eigenvalue weighted by Gasteiger charge is 2.47. The third kappa shape index (κ3) is 2.59. The molecule has 0 bridgehead atoms. The number of methoxy groups -OCH3 is 1. The Morgan fingerprint density at radius 2 is 2.29 bits per heavy atom. The minimum absolute atomic E-state index is 0.108. The van der Waals surface area contributed by atoms with Gasteiger partial charge in [-0.05, 0) is 41.1 Å². The number of anilines is 1. The lowest BCUT2D eigenvalue weighted by atomic mass is 9.63. The highest BCUT2D eigenvalue weighted by atomic mass is 79.9. The standard InChI is InChI=1S/C17H23BrN4O2/c1-10(2)17(16(23)24-3)6-4-5-11(9-17)15-21-13(18)12-14(19)20-7-8-22(12)15/h7-8,10-11H,4-6,9H2,1-3H3,(H2,19,20)/t11-,17+/m1/s1. The Hall–Kier alpha value is -1.63. The van der Waals surface area contributed by atoms with E-state index in [4.69, 9.17) is 15.5 Å². The van der Waals surface area contributed by atoms with Crippen LogP contribution in [0.4, 0.5) is 5.82 Å². The van der Waals surface area contributed by atoms with Crippen LogP contribution in [0.3, 0.4) is 0 Å². The topological polar surface area (TPSA) is 82.5 Å². The van der Waals surface area contributed by atoms with Gasteiger partial charge in [0.2, 0.25) is 0 Å². The van der Waals surface area contributed by atoms with Crippen molar-refractivity contribution in [1.82, 2.24) is 14.4 Å². The number of aromatic nitrogens is 3. The zero-order chi connectivity index (χ0) is 17.5. The number of hydrogen-bond acceptors (Lipinski definition) is 5. The molecule has 7 heteroatoms. The number of fused-ring (bicyclic) bond motifs is 1. The molecular weight excluding hydrogens is 372 g/mol. The molecule has 1 aliphatic rings. The minimum atomic E-state index is -0.450. The molecule has 0 amide bonds. The zero-order valence-electron chi connectivity index (χ0n) is 14.3. The van der Waals surface area contributed by atoms with Crippen molar-refractivity contribution in [3.8, 4) is 0 Å². The van der Waals surface area contributed by atoms with E-state index in [2.05, 4.69) is 34.8 Å². The number of carbonyl (C=O) groups excluding carboxylic acids is 1. The fourth-order valence-corrected chi connectivity index (χ4v) is 4.58. The number of esters is 1. The van der Waals surface area contributed by atoms with Gasteiger partial charge in [-0.25, -0.2) is 9.97 Å². The van der Waals surface area contributed by atoms with Crippen LogP contribution in [0.25, 0.3) is 5.52 Å². The number of carbonyl (C=O) groups is 1. The van der Waals surface area contributed by atoms with Crippen molar-refractivity contribution < 1.29 is 9.53 Å². The van der Waals surface area contributed by atoms with Gasteiger partial charge in [0.05, 0.1) is 12.5 Å². The second-order valence-electron chi connectivity index (χ2n) is 6.89. The number of imidazole rings is 1. The molecule has 24 heavy (non-hydrogen) atoms. The first-order valence-corrected chi connectivity index (χ1v) is 9.06. The number of hydrogen-bond donors (Lipinski definition) is 1. The number of ether oxygens (including phenoxy) is 1. The first-order valence-electron chi connectivity index (χ1n) is 8.27. The number of nitrogens with two attached hydrogens (primary N) is 1. The zero-order valence-corrected chi connectivity index (χ0v) is 15.8. The molecule has 1 aliphatic carbocycles. The van der Waals surface area contributed by atoms with Gasteiger partial charge in [0, 0.05) is 18.3 Å². The summed E-state index contributed by atoms with van der Waals surface area (Å²) < 4.78 is 7.83. The number of halogens is 1. The third-order valence-corrected chi connectivity index (χ3v) is 5.97. The molecule has 2 aromatic rings. The maximum Gasteiger partial charge on any atom is 0.312 e. The van der Waals surface area contributed by atoms with E-state index < -0.39 is 5.41 Å².